The largest absolute Gasteiger partial charge is 0.448 e. The van der Waals surface area contributed by atoms with Crippen LogP contribution in [0.1, 0.15) is 5.56 Å². The van der Waals surface area contributed by atoms with Gasteiger partial charge in [-0.15, -0.1) is 0 Å². The predicted octanol–water partition coefficient (Wildman–Crippen LogP) is 2.00. The zero-order chi connectivity index (χ0) is 9.80. The third-order valence-electron chi connectivity index (χ3n) is 1.81. The Kier molecular flexibility index (Phi) is 1.61. The Morgan fingerprint density at radius 2 is 2.15 bits per heavy atom. The van der Waals surface area contributed by atoms with E-state index in [1.165, 1.54) is 13.0 Å². The van der Waals surface area contributed by atoms with Crippen molar-refractivity contribution in [1.29, 1.82) is 0 Å². The molecule has 4 nitrogen and oxygen atoms in total. The summed E-state index contributed by atoms with van der Waals surface area (Å²) in [4.78, 5) is -0.227. The number of hydrogen-bond acceptors (Lipinski definition) is 3. The molecule has 13 heavy (non-hydrogen) atoms. The van der Waals surface area contributed by atoms with E-state index in [1.54, 1.807) is 0 Å². The molecule has 1 aromatic carbocycles. The first kappa shape index (κ1) is 8.80. The molecule has 0 aromatic heterocycles. The first-order valence-corrected chi connectivity index (χ1v) is 5.21. The van der Waals surface area contributed by atoms with E-state index in [2.05, 4.69) is 0 Å². The van der Waals surface area contributed by atoms with Gasteiger partial charge in [0.1, 0.15) is 4.90 Å². The maximum Gasteiger partial charge on any atom is 0.298 e. The highest BCUT2D eigenvalue weighted by Crippen LogP contribution is 2.53. The van der Waals surface area contributed by atoms with Gasteiger partial charge in [0.2, 0.25) is 0 Å². The summed E-state index contributed by atoms with van der Waals surface area (Å²) in [5.74, 6) is 0.604. The Bertz CT molecular complexity index is 492. The van der Waals surface area contributed by atoms with Gasteiger partial charge in [0.15, 0.2) is 11.5 Å². The van der Waals surface area contributed by atoms with Crippen LogP contribution in [-0.4, -0.2) is 13.0 Å². The SMILES string of the molecule is Cc1c(Cl)cc2c(c1S(=O)(=O)O)O2. The lowest BCUT2D eigenvalue weighted by Crippen LogP contribution is -1.99. The highest BCUT2D eigenvalue weighted by atomic mass is 35.5. The summed E-state index contributed by atoms with van der Waals surface area (Å²) in [6, 6.07) is 1.51. The van der Waals surface area contributed by atoms with Crippen LogP contribution in [0.5, 0.6) is 11.5 Å². The number of hydrogen-bond donors (Lipinski definition) is 1. The second-order valence-corrected chi connectivity index (χ2v) is 4.48. The van der Waals surface area contributed by atoms with E-state index in [-0.39, 0.29) is 15.7 Å². The lowest BCUT2D eigenvalue weighted by molar-refractivity contribution is 0.480. The van der Waals surface area contributed by atoms with Crippen molar-refractivity contribution in [2.75, 3.05) is 0 Å². The normalized spacial score (nSPS) is 13.5. The third-order valence-corrected chi connectivity index (χ3v) is 3.22. The zero-order valence-electron chi connectivity index (χ0n) is 6.54. The van der Waals surface area contributed by atoms with E-state index >= 15 is 0 Å². The highest BCUT2D eigenvalue weighted by Gasteiger charge is 2.34. The molecular weight excluding hydrogens is 216 g/mol. The molecule has 0 unspecified atom stereocenters. The lowest BCUT2D eigenvalue weighted by atomic mass is 10.2. The van der Waals surface area contributed by atoms with E-state index in [0.717, 1.165) is 0 Å². The van der Waals surface area contributed by atoms with Crippen molar-refractivity contribution in [3.05, 3.63) is 16.7 Å². The second kappa shape index (κ2) is 2.37. The van der Waals surface area contributed by atoms with Gasteiger partial charge in [0.25, 0.3) is 10.1 Å². The van der Waals surface area contributed by atoms with Gasteiger partial charge < -0.3 is 4.74 Å². The summed E-state index contributed by atoms with van der Waals surface area (Å²) in [7, 11) is -4.24. The minimum absolute atomic E-state index is 0.199. The topological polar surface area (TPSA) is 66.9 Å². The van der Waals surface area contributed by atoms with Gasteiger partial charge in [-0.1, -0.05) is 11.6 Å². The van der Waals surface area contributed by atoms with Gasteiger partial charge in [-0.05, 0) is 12.5 Å². The highest BCUT2D eigenvalue weighted by molar-refractivity contribution is 7.86. The summed E-state index contributed by atoms with van der Waals surface area (Å²) in [6.07, 6.45) is 0. The molecule has 0 radical (unpaired) electrons. The molecule has 1 aliphatic heterocycles. The Hall–Kier alpha value is -0.780. The third kappa shape index (κ3) is 1.29. The van der Waals surface area contributed by atoms with E-state index in [4.69, 9.17) is 20.9 Å². The van der Waals surface area contributed by atoms with Crippen LogP contribution in [0, 0.1) is 6.92 Å². The first-order chi connectivity index (χ1) is 5.91. The minimum Gasteiger partial charge on any atom is -0.448 e. The number of halogens is 1. The van der Waals surface area contributed by atoms with Crippen molar-refractivity contribution < 1.29 is 17.7 Å². The van der Waals surface area contributed by atoms with Crippen LogP contribution in [0.3, 0.4) is 0 Å². The van der Waals surface area contributed by atoms with E-state index in [9.17, 15) is 8.42 Å². The average molecular weight is 221 g/mol. The molecule has 1 N–H and O–H groups in total. The quantitative estimate of drug-likeness (QED) is 0.590. The number of ether oxygens (including phenoxy) is 1. The molecule has 0 atom stereocenters. The first-order valence-electron chi connectivity index (χ1n) is 3.39. The van der Waals surface area contributed by atoms with Crippen molar-refractivity contribution in [1.82, 2.24) is 0 Å². The fourth-order valence-electron chi connectivity index (χ4n) is 1.15. The van der Waals surface area contributed by atoms with Crippen LogP contribution in [0.15, 0.2) is 11.0 Å². The van der Waals surface area contributed by atoms with Crippen LogP contribution >= 0.6 is 11.6 Å². The summed E-state index contributed by atoms with van der Waals surface area (Å²) in [5.41, 5.74) is 0.306. The smallest absolute Gasteiger partial charge is 0.298 e. The van der Waals surface area contributed by atoms with Gasteiger partial charge in [0.05, 0.1) is 0 Å². The number of benzene rings is 1. The molecule has 2 rings (SSSR count). The van der Waals surface area contributed by atoms with Crippen molar-refractivity contribution in [2.24, 2.45) is 0 Å². The van der Waals surface area contributed by atoms with Gasteiger partial charge >= 0.3 is 0 Å². The molecule has 0 amide bonds. The minimum atomic E-state index is -4.24. The summed E-state index contributed by atoms with van der Waals surface area (Å²) >= 11 is 5.70. The summed E-state index contributed by atoms with van der Waals surface area (Å²) in [5, 5.41) is 0.267. The maximum atomic E-state index is 10.9. The molecule has 0 aliphatic carbocycles. The molecule has 0 saturated heterocycles. The summed E-state index contributed by atoms with van der Waals surface area (Å²) in [6.45, 7) is 1.51. The van der Waals surface area contributed by atoms with Crippen LogP contribution in [0.2, 0.25) is 5.02 Å². The molecule has 0 spiro atoms. The van der Waals surface area contributed by atoms with Crippen molar-refractivity contribution in [3.8, 4) is 11.5 Å². The zero-order valence-corrected chi connectivity index (χ0v) is 8.11. The Balaban J connectivity index is 2.81. The molecule has 0 fully saturated rings. The van der Waals surface area contributed by atoms with Crippen molar-refractivity contribution in [3.63, 3.8) is 0 Å². The molecular formula is C7H5ClO4S. The lowest BCUT2D eigenvalue weighted by Gasteiger charge is -1.99. The van der Waals surface area contributed by atoms with E-state index in [0.29, 0.717) is 11.3 Å². The Labute approximate surface area is 79.8 Å². The molecule has 1 aliphatic rings. The van der Waals surface area contributed by atoms with Gasteiger partial charge in [0, 0.05) is 11.1 Å². The van der Waals surface area contributed by atoms with Crippen molar-refractivity contribution in [2.45, 2.75) is 11.8 Å². The molecule has 0 saturated carbocycles. The number of rotatable bonds is 1. The molecule has 70 valence electrons. The Morgan fingerprint density at radius 3 is 2.69 bits per heavy atom. The van der Waals surface area contributed by atoms with Crippen LogP contribution in [-0.2, 0) is 10.1 Å². The van der Waals surface area contributed by atoms with Crippen LogP contribution < -0.4 is 4.74 Å². The predicted molar refractivity (Wildman–Crippen MR) is 46.1 cm³/mol. The second-order valence-electron chi connectivity index (χ2n) is 2.72. The van der Waals surface area contributed by atoms with Gasteiger partial charge in [-0.3, -0.25) is 4.55 Å². The average Bonchev–Trinajstić information content (AvgIpc) is 2.64. The molecule has 1 heterocycles. The van der Waals surface area contributed by atoms with E-state index < -0.39 is 10.1 Å². The maximum absolute atomic E-state index is 10.9. The molecule has 1 aromatic rings. The molecule has 6 heteroatoms. The fourth-order valence-corrected chi connectivity index (χ4v) is 2.27. The van der Waals surface area contributed by atoms with E-state index in [1.807, 2.05) is 0 Å². The van der Waals surface area contributed by atoms with Crippen molar-refractivity contribution >= 4 is 21.7 Å². The fraction of sp³-hybridized carbons (Fsp3) is 0.143. The van der Waals surface area contributed by atoms with Gasteiger partial charge in [-0.2, -0.15) is 8.42 Å². The molecule has 0 bridgehead atoms. The standard InChI is InChI=1S/C7H5ClO4S/c1-3-4(8)2-5-6(12-5)7(3)13(9,10)11/h2H,1H3,(H,9,10,11). The number of fused-ring (bicyclic) bond motifs is 1. The van der Waals surface area contributed by atoms with Gasteiger partial charge in [-0.25, -0.2) is 0 Å². The Morgan fingerprint density at radius 1 is 1.54 bits per heavy atom. The summed E-state index contributed by atoms with van der Waals surface area (Å²) < 4.78 is 35.4. The monoisotopic (exact) mass is 220 g/mol. The van der Waals surface area contributed by atoms with Crippen LogP contribution in [0.4, 0.5) is 0 Å². The van der Waals surface area contributed by atoms with Crippen LogP contribution in [0.25, 0.3) is 0 Å².